The van der Waals surface area contributed by atoms with Crippen LogP contribution in [-0.2, 0) is 14.3 Å². The van der Waals surface area contributed by atoms with Gasteiger partial charge in [-0.25, -0.2) is 0 Å². The van der Waals surface area contributed by atoms with Gasteiger partial charge >= 0.3 is 0 Å². The Labute approximate surface area is 90.9 Å². The first kappa shape index (κ1) is 16.4. The SMILES string of the molecule is C=CCOCCCC=O.O=CCCCO. The predicted octanol–water partition coefficient (Wildman–Crippen LogP) is 1.13. The van der Waals surface area contributed by atoms with Crippen LogP contribution in [0.25, 0.3) is 0 Å². The van der Waals surface area contributed by atoms with Crippen LogP contribution in [0.2, 0.25) is 0 Å². The fourth-order valence-corrected chi connectivity index (χ4v) is 0.610. The molecule has 0 amide bonds. The van der Waals surface area contributed by atoms with Crippen LogP contribution in [0.3, 0.4) is 0 Å². The van der Waals surface area contributed by atoms with Crippen molar-refractivity contribution in [2.75, 3.05) is 19.8 Å². The maximum Gasteiger partial charge on any atom is 0.120 e. The Morgan fingerprint density at radius 1 is 1.13 bits per heavy atom. The van der Waals surface area contributed by atoms with Gasteiger partial charge in [0, 0.05) is 26.1 Å². The zero-order chi connectivity index (χ0) is 11.8. The molecule has 88 valence electrons. The Morgan fingerprint density at radius 2 is 1.73 bits per heavy atom. The third-order valence-corrected chi connectivity index (χ3v) is 1.33. The standard InChI is InChI=1S/C7H12O2.C4H8O2/c1-2-6-9-7-4-3-5-8;5-3-1-2-4-6/h2,5H,1,3-4,6-7H2;3,6H,1-2,4H2. The van der Waals surface area contributed by atoms with E-state index in [2.05, 4.69) is 6.58 Å². The first-order chi connectivity index (χ1) is 7.33. The summed E-state index contributed by atoms with van der Waals surface area (Å²) in [5.74, 6) is 0. The van der Waals surface area contributed by atoms with Gasteiger partial charge < -0.3 is 19.4 Å². The fraction of sp³-hybridized carbons (Fsp3) is 0.636. The molecule has 15 heavy (non-hydrogen) atoms. The average molecular weight is 216 g/mol. The van der Waals surface area contributed by atoms with Crippen LogP contribution in [0.4, 0.5) is 0 Å². The number of aliphatic hydroxyl groups is 1. The largest absolute Gasteiger partial charge is 0.396 e. The first-order valence-corrected chi connectivity index (χ1v) is 5.00. The molecule has 0 aromatic rings. The molecule has 0 saturated carbocycles. The molecule has 0 aromatic carbocycles. The molecule has 0 spiro atoms. The molecule has 0 bridgehead atoms. The molecule has 0 fully saturated rings. The Kier molecular flexibility index (Phi) is 20.5. The van der Waals surface area contributed by atoms with Crippen molar-refractivity contribution in [3.05, 3.63) is 12.7 Å². The topological polar surface area (TPSA) is 63.6 Å². The quantitative estimate of drug-likeness (QED) is 0.356. The van der Waals surface area contributed by atoms with E-state index in [-0.39, 0.29) is 6.61 Å². The molecule has 0 aromatic heterocycles. The lowest BCUT2D eigenvalue weighted by Crippen LogP contribution is -1.93. The highest BCUT2D eigenvalue weighted by molar-refractivity contribution is 5.49. The Bertz CT molecular complexity index is 136. The van der Waals surface area contributed by atoms with Crippen LogP contribution in [0.5, 0.6) is 0 Å². The minimum atomic E-state index is 0.124. The molecular weight excluding hydrogens is 196 g/mol. The van der Waals surface area contributed by atoms with Gasteiger partial charge in [-0.05, 0) is 12.8 Å². The van der Waals surface area contributed by atoms with E-state index < -0.39 is 0 Å². The van der Waals surface area contributed by atoms with E-state index in [1.54, 1.807) is 6.08 Å². The summed E-state index contributed by atoms with van der Waals surface area (Å²) in [5.41, 5.74) is 0. The molecule has 4 nitrogen and oxygen atoms in total. The van der Waals surface area contributed by atoms with Gasteiger partial charge in [0.25, 0.3) is 0 Å². The number of unbranched alkanes of at least 4 members (excludes halogenated alkanes) is 2. The van der Waals surface area contributed by atoms with Crippen LogP contribution in [-0.4, -0.2) is 37.5 Å². The summed E-state index contributed by atoms with van der Waals surface area (Å²) >= 11 is 0. The van der Waals surface area contributed by atoms with E-state index in [0.29, 0.717) is 32.5 Å². The Hall–Kier alpha value is -1.00. The van der Waals surface area contributed by atoms with E-state index in [4.69, 9.17) is 9.84 Å². The van der Waals surface area contributed by atoms with E-state index in [1.807, 2.05) is 0 Å². The normalized spacial score (nSPS) is 8.60. The summed E-state index contributed by atoms with van der Waals surface area (Å²) in [4.78, 5) is 19.2. The van der Waals surface area contributed by atoms with Gasteiger partial charge in [0.1, 0.15) is 12.6 Å². The average Bonchev–Trinajstić information content (AvgIpc) is 2.27. The van der Waals surface area contributed by atoms with E-state index in [9.17, 15) is 9.59 Å². The number of carbonyl (C=O) groups is 2. The molecule has 1 N–H and O–H groups in total. The summed E-state index contributed by atoms with van der Waals surface area (Å²) in [7, 11) is 0. The predicted molar refractivity (Wildman–Crippen MR) is 58.7 cm³/mol. The van der Waals surface area contributed by atoms with Crippen molar-refractivity contribution in [3.63, 3.8) is 0 Å². The molecular formula is C11H20O4. The lowest BCUT2D eigenvalue weighted by Gasteiger charge is -1.95. The van der Waals surface area contributed by atoms with Gasteiger partial charge in [-0.15, -0.1) is 6.58 Å². The molecule has 0 radical (unpaired) electrons. The maximum atomic E-state index is 9.76. The second-order valence-corrected chi connectivity index (χ2v) is 2.70. The molecule has 0 aliphatic carbocycles. The van der Waals surface area contributed by atoms with Crippen LogP contribution < -0.4 is 0 Å². The molecule has 0 unspecified atom stereocenters. The van der Waals surface area contributed by atoms with Crippen molar-refractivity contribution in [1.29, 1.82) is 0 Å². The van der Waals surface area contributed by atoms with Crippen LogP contribution in [0.15, 0.2) is 12.7 Å². The second kappa shape index (κ2) is 18.7. The number of carbonyl (C=O) groups excluding carboxylic acids is 2. The molecule has 0 atom stereocenters. The fourth-order valence-electron chi connectivity index (χ4n) is 0.610. The van der Waals surface area contributed by atoms with Crippen molar-refractivity contribution in [1.82, 2.24) is 0 Å². The number of aliphatic hydroxyl groups excluding tert-OH is 1. The van der Waals surface area contributed by atoms with E-state index in [1.165, 1.54) is 0 Å². The summed E-state index contributed by atoms with van der Waals surface area (Å²) < 4.78 is 5.01. The highest BCUT2D eigenvalue weighted by Gasteiger charge is 1.83. The minimum Gasteiger partial charge on any atom is -0.396 e. The number of aldehydes is 2. The van der Waals surface area contributed by atoms with E-state index >= 15 is 0 Å². The number of ether oxygens (including phenoxy) is 1. The van der Waals surface area contributed by atoms with E-state index in [0.717, 1.165) is 19.0 Å². The van der Waals surface area contributed by atoms with Crippen molar-refractivity contribution >= 4 is 12.6 Å². The summed E-state index contributed by atoms with van der Waals surface area (Å²) in [6.45, 7) is 4.85. The summed E-state index contributed by atoms with van der Waals surface area (Å²) in [6, 6.07) is 0. The van der Waals surface area contributed by atoms with Gasteiger partial charge in [-0.2, -0.15) is 0 Å². The molecule has 0 aliphatic heterocycles. The Morgan fingerprint density at radius 3 is 2.13 bits per heavy atom. The van der Waals surface area contributed by atoms with Gasteiger partial charge in [-0.3, -0.25) is 0 Å². The van der Waals surface area contributed by atoms with Crippen LogP contribution in [0.1, 0.15) is 25.7 Å². The smallest absolute Gasteiger partial charge is 0.120 e. The third kappa shape index (κ3) is 24.6. The second-order valence-electron chi connectivity index (χ2n) is 2.70. The highest BCUT2D eigenvalue weighted by atomic mass is 16.5. The lowest BCUT2D eigenvalue weighted by atomic mass is 10.3. The molecule has 0 rings (SSSR count). The zero-order valence-corrected chi connectivity index (χ0v) is 9.06. The van der Waals surface area contributed by atoms with Crippen LogP contribution >= 0.6 is 0 Å². The molecule has 4 heteroatoms. The monoisotopic (exact) mass is 216 g/mol. The van der Waals surface area contributed by atoms with Gasteiger partial charge in [0.15, 0.2) is 0 Å². The summed E-state index contributed by atoms with van der Waals surface area (Å²) in [6.07, 6.45) is 5.89. The van der Waals surface area contributed by atoms with Gasteiger partial charge in [0.05, 0.1) is 6.61 Å². The number of hydrogen-bond acceptors (Lipinski definition) is 4. The summed E-state index contributed by atoms with van der Waals surface area (Å²) in [5, 5.41) is 8.04. The van der Waals surface area contributed by atoms with Crippen molar-refractivity contribution in [2.45, 2.75) is 25.7 Å². The Balaban J connectivity index is 0. The zero-order valence-electron chi connectivity index (χ0n) is 9.06. The first-order valence-electron chi connectivity index (χ1n) is 5.00. The maximum absolute atomic E-state index is 9.76. The highest BCUT2D eigenvalue weighted by Crippen LogP contribution is 1.85. The third-order valence-electron chi connectivity index (χ3n) is 1.33. The molecule has 0 aliphatic rings. The van der Waals surface area contributed by atoms with Crippen molar-refractivity contribution < 1.29 is 19.4 Å². The van der Waals surface area contributed by atoms with Crippen molar-refractivity contribution in [2.24, 2.45) is 0 Å². The van der Waals surface area contributed by atoms with Gasteiger partial charge in [0.2, 0.25) is 0 Å². The number of rotatable bonds is 9. The molecule has 0 saturated heterocycles. The minimum absolute atomic E-state index is 0.124. The van der Waals surface area contributed by atoms with Gasteiger partial charge in [-0.1, -0.05) is 6.08 Å². The van der Waals surface area contributed by atoms with Crippen molar-refractivity contribution in [3.8, 4) is 0 Å². The van der Waals surface area contributed by atoms with Crippen LogP contribution in [0, 0.1) is 0 Å². The lowest BCUT2D eigenvalue weighted by molar-refractivity contribution is -0.108. The number of hydrogen-bond donors (Lipinski definition) is 1. The molecule has 0 heterocycles.